The Morgan fingerprint density at radius 1 is 1.07 bits per heavy atom. The Hall–Kier alpha value is -3.32. The minimum absolute atomic E-state index is 0.189. The van der Waals surface area contributed by atoms with Crippen molar-refractivity contribution in [1.82, 2.24) is 4.90 Å². The molecule has 0 aliphatic carbocycles. The molecule has 158 valence electrons. The number of benzene rings is 2. The lowest BCUT2D eigenvalue weighted by Crippen LogP contribution is -2.41. The molecule has 1 fully saturated rings. The summed E-state index contributed by atoms with van der Waals surface area (Å²) in [4.78, 5) is 20.1. The van der Waals surface area contributed by atoms with Crippen molar-refractivity contribution in [3.05, 3.63) is 77.5 Å². The van der Waals surface area contributed by atoms with Crippen molar-refractivity contribution in [2.45, 2.75) is 6.61 Å². The van der Waals surface area contributed by atoms with Gasteiger partial charge in [0.25, 0.3) is 0 Å². The highest BCUT2D eigenvalue weighted by molar-refractivity contribution is 6.16. The third-order valence-electron chi connectivity index (χ3n) is 4.66. The predicted octanol–water partition coefficient (Wildman–Crippen LogP) is 3.06. The van der Waals surface area contributed by atoms with Crippen LogP contribution in [0.5, 0.6) is 0 Å². The maximum Gasteiger partial charge on any atom is 0.341 e. The number of rotatable bonds is 7. The zero-order valence-electron chi connectivity index (χ0n) is 17.2. The van der Waals surface area contributed by atoms with E-state index in [1.165, 1.54) is 20.5 Å². The first-order chi connectivity index (χ1) is 14.7. The van der Waals surface area contributed by atoms with Gasteiger partial charge in [-0.25, -0.2) is 4.79 Å². The fourth-order valence-electron chi connectivity index (χ4n) is 3.18. The molecule has 0 saturated carbocycles. The number of hydrogen-bond donors (Lipinski definition) is 0. The molecule has 3 rings (SSSR count). The van der Waals surface area contributed by atoms with E-state index in [1.807, 2.05) is 54.6 Å². The Morgan fingerprint density at radius 3 is 2.47 bits per heavy atom. The summed E-state index contributed by atoms with van der Waals surface area (Å²) in [6, 6.07) is 17.3. The predicted molar refractivity (Wildman–Crippen MR) is 114 cm³/mol. The Morgan fingerprint density at radius 2 is 1.77 bits per heavy atom. The van der Waals surface area contributed by atoms with E-state index in [0.29, 0.717) is 24.4 Å². The first-order valence-corrected chi connectivity index (χ1v) is 9.72. The molecular weight excluding hydrogens is 384 g/mol. The van der Waals surface area contributed by atoms with Gasteiger partial charge in [-0.05, 0) is 5.56 Å². The summed E-state index contributed by atoms with van der Waals surface area (Å²) >= 11 is 0. The number of ether oxygens (including phenoxy) is 3. The molecule has 0 N–H and O–H groups in total. The lowest BCUT2D eigenvalue weighted by atomic mass is 10.0. The Kier molecular flexibility index (Phi) is 7.86. The molecule has 1 saturated heterocycles. The number of hydrogen-bond acceptors (Lipinski definition) is 6. The van der Waals surface area contributed by atoms with Crippen molar-refractivity contribution in [3.8, 4) is 0 Å². The van der Waals surface area contributed by atoms with E-state index in [2.05, 4.69) is 10.1 Å². The SMILES string of the molecule is CO/C=C(\C(=O)OC)c1ccccc1CO/N=C(\c1ccccc1)N1CCOCC1. The lowest BCUT2D eigenvalue weighted by molar-refractivity contribution is -0.133. The van der Waals surface area contributed by atoms with Crippen LogP contribution in [-0.2, 0) is 30.4 Å². The number of methoxy groups -OCH3 is 2. The lowest BCUT2D eigenvalue weighted by Gasteiger charge is -2.29. The van der Waals surface area contributed by atoms with Gasteiger partial charge in [0.2, 0.25) is 0 Å². The van der Waals surface area contributed by atoms with Crippen molar-refractivity contribution in [2.24, 2.45) is 5.16 Å². The van der Waals surface area contributed by atoms with Crippen LogP contribution < -0.4 is 0 Å². The summed E-state index contributed by atoms with van der Waals surface area (Å²) < 4.78 is 15.4. The van der Waals surface area contributed by atoms with Crippen molar-refractivity contribution in [2.75, 3.05) is 40.5 Å². The van der Waals surface area contributed by atoms with Gasteiger partial charge in [-0.2, -0.15) is 0 Å². The second kappa shape index (κ2) is 11.0. The molecule has 7 nitrogen and oxygen atoms in total. The summed E-state index contributed by atoms with van der Waals surface area (Å²) in [7, 11) is 2.82. The molecule has 2 aromatic carbocycles. The van der Waals surface area contributed by atoms with E-state index < -0.39 is 5.97 Å². The number of nitrogens with zero attached hydrogens (tertiary/aromatic N) is 2. The number of esters is 1. The molecule has 1 heterocycles. The van der Waals surface area contributed by atoms with Crippen LogP contribution in [0, 0.1) is 0 Å². The summed E-state index contributed by atoms with van der Waals surface area (Å²) in [5.74, 6) is 0.281. The Labute approximate surface area is 176 Å². The van der Waals surface area contributed by atoms with Gasteiger partial charge in [0.1, 0.15) is 12.2 Å². The van der Waals surface area contributed by atoms with Gasteiger partial charge in [-0.1, -0.05) is 59.8 Å². The zero-order chi connectivity index (χ0) is 21.2. The molecule has 2 aromatic rings. The molecule has 0 unspecified atom stereocenters. The quantitative estimate of drug-likeness (QED) is 0.175. The maximum absolute atomic E-state index is 12.2. The van der Waals surface area contributed by atoms with Gasteiger partial charge < -0.3 is 23.9 Å². The van der Waals surface area contributed by atoms with E-state index in [1.54, 1.807) is 0 Å². The van der Waals surface area contributed by atoms with E-state index in [4.69, 9.17) is 19.0 Å². The number of carbonyl (C=O) groups is 1. The molecule has 0 bridgehead atoms. The minimum Gasteiger partial charge on any atom is -0.503 e. The highest BCUT2D eigenvalue weighted by Gasteiger charge is 2.19. The molecule has 30 heavy (non-hydrogen) atoms. The fraction of sp³-hybridized carbons (Fsp3) is 0.304. The average Bonchev–Trinajstić information content (AvgIpc) is 2.81. The Balaban J connectivity index is 1.83. The summed E-state index contributed by atoms with van der Waals surface area (Å²) in [5.41, 5.74) is 2.76. The van der Waals surface area contributed by atoms with E-state index in [9.17, 15) is 4.79 Å². The fourth-order valence-corrected chi connectivity index (χ4v) is 3.18. The first kappa shape index (κ1) is 21.4. The van der Waals surface area contributed by atoms with E-state index in [0.717, 1.165) is 30.1 Å². The molecule has 0 atom stereocenters. The van der Waals surface area contributed by atoms with Crippen LogP contribution in [0.2, 0.25) is 0 Å². The van der Waals surface area contributed by atoms with Gasteiger partial charge in [-0.3, -0.25) is 0 Å². The molecule has 0 spiro atoms. The number of carbonyl (C=O) groups excluding carboxylic acids is 1. The molecule has 0 aromatic heterocycles. The molecular formula is C23H26N2O5. The van der Waals surface area contributed by atoms with E-state index in [-0.39, 0.29) is 6.61 Å². The van der Waals surface area contributed by atoms with Crippen LogP contribution in [0.4, 0.5) is 0 Å². The van der Waals surface area contributed by atoms with Gasteiger partial charge in [-0.15, -0.1) is 0 Å². The third kappa shape index (κ3) is 5.39. The van der Waals surface area contributed by atoms with Crippen LogP contribution in [0.3, 0.4) is 0 Å². The average molecular weight is 410 g/mol. The van der Waals surface area contributed by atoms with Crippen LogP contribution >= 0.6 is 0 Å². The van der Waals surface area contributed by atoms with E-state index >= 15 is 0 Å². The highest BCUT2D eigenvalue weighted by atomic mass is 16.6. The summed E-state index contributed by atoms with van der Waals surface area (Å²) in [6.45, 7) is 2.99. The minimum atomic E-state index is -0.480. The normalized spacial score (nSPS) is 14.9. The van der Waals surface area contributed by atoms with Crippen LogP contribution in [0.1, 0.15) is 16.7 Å². The Bertz CT molecular complexity index is 889. The standard InChI is InChI=1S/C23H26N2O5/c1-27-17-21(23(26)28-2)20-11-7-6-10-19(20)16-30-24-22(18-8-4-3-5-9-18)25-12-14-29-15-13-25/h3-11,17H,12-16H2,1-2H3/b21-17-,24-22+. The van der Waals surface area contributed by atoms with Crippen LogP contribution in [0.15, 0.2) is 66.0 Å². The van der Waals surface area contributed by atoms with Crippen LogP contribution in [0.25, 0.3) is 5.57 Å². The number of oxime groups is 1. The van der Waals surface area contributed by atoms with Gasteiger partial charge in [0, 0.05) is 24.2 Å². The smallest absolute Gasteiger partial charge is 0.341 e. The first-order valence-electron chi connectivity index (χ1n) is 9.72. The summed E-state index contributed by atoms with van der Waals surface area (Å²) in [6.07, 6.45) is 1.37. The topological polar surface area (TPSA) is 69.6 Å². The van der Waals surface area contributed by atoms with Crippen LogP contribution in [-0.4, -0.2) is 57.2 Å². The van der Waals surface area contributed by atoms with Crippen molar-refractivity contribution in [3.63, 3.8) is 0 Å². The largest absolute Gasteiger partial charge is 0.503 e. The number of amidine groups is 1. The zero-order valence-corrected chi connectivity index (χ0v) is 17.2. The molecule has 1 aliphatic rings. The van der Waals surface area contributed by atoms with Gasteiger partial charge in [0.15, 0.2) is 5.84 Å². The molecule has 1 aliphatic heterocycles. The van der Waals surface area contributed by atoms with Crippen molar-refractivity contribution >= 4 is 17.4 Å². The second-order valence-corrected chi connectivity index (χ2v) is 6.57. The van der Waals surface area contributed by atoms with Gasteiger partial charge in [0.05, 0.1) is 33.7 Å². The molecule has 7 heteroatoms. The van der Waals surface area contributed by atoms with Crippen molar-refractivity contribution in [1.29, 1.82) is 0 Å². The van der Waals surface area contributed by atoms with Gasteiger partial charge >= 0.3 is 5.97 Å². The number of morpholine rings is 1. The highest BCUT2D eigenvalue weighted by Crippen LogP contribution is 2.22. The monoisotopic (exact) mass is 410 g/mol. The molecule has 0 amide bonds. The third-order valence-corrected chi connectivity index (χ3v) is 4.66. The second-order valence-electron chi connectivity index (χ2n) is 6.57. The summed E-state index contributed by atoms with van der Waals surface area (Å²) in [5, 5.41) is 4.44. The van der Waals surface area contributed by atoms with Crippen molar-refractivity contribution < 1.29 is 23.8 Å². The maximum atomic E-state index is 12.2. The molecule has 0 radical (unpaired) electrons.